The number of benzene rings is 1. The summed E-state index contributed by atoms with van der Waals surface area (Å²) in [4.78, 5) is 0. The molecular formula is C11H16ClNO3S. The van der Waals surface area contributed by atoms with E-state index in [4.69, 9.17) is 17.3 Å². The highest BCUT2D eigenvalue weighted by Crippen LogP contribution is 2.37. The monoisotopic (exact) mass is 277 g/mol. The Labute approximate surface area is 106 Å². The molecule has 0 aliphatic rings. The second-order valence-corrected chi connectivity index (χ2v) is 7.62. The minimum Gasteiger partial charge on any atom is -0.399 e. The Morgan fingerprint density at radius 2 is 1.88 bits per heavy atom. The number of aliphatic hydroxyl groups is 1. The first-order chi connectivity index (χ1) is 7.72. The lowest BCUT2D eigenvalue weighted by molar-refractivity contribution is 0.162. The molecule has 0 spiro atoms. The summed E-state index contributed by atoms with van der Waals surface area (Å²) in [5.74, 6) is -0.126. The van der Waals surface area contributed by atoms with Gasteiger partial charge in [0.15, 0.2) is 14.0 Å². The Kier molecular flexibility index (Phi) is 4.06. The van der Waals surface area contributed by atoms with Gasteiger partial charge in [-0.05, 0) is 24.6 Å². The lowest BCUT2D eigenvalue weighted by Crippen LogP contribution is -2.37. The van der Waals surface area contributed by atoms with Crippen LogP contribution in [0.1, 0.15) is 25.5 Å². The van der Waals surface area contributed by atoms with Gasteiger partial charge in [-0.25, -0.2) is 8.42 Å². The van der Waals surface area contributed by atoms with Gasteiger partial charge in [0.2, 0.25) is 0 Å². The van der Waals surface area contributed by atoms with Gasteiger partial charge in [0.25, 0.3) is 0 Å². The highest BCUT2D eigenvalue weighted by atomic mass is 35.5. The Bertz CT molecular complexity index is 482. The van der Waals surface area contributed by atoms with Crippen LogP contribution in [0.4, 0.5) is 5.69 Å². The van der Waals surface area contributed by atoms with Gasteiger partial charge in [0.1, 0.15) is 6.10 Å². The number of nitrogen functional groups attached to an aromatic ring is 1. The number of sulfone groups is 1. The number of rotatable bonds is 4. The van der Waals surface area contributed by atoms with Gasteiger partial charge in [-0.2, -0.15) is 0 Å². The molecule has 0 fully saturated rings. The van der Waals surface area contributed by atoms with E-state index in [1.54, 1.807) is 24.3 Å². The van der Waals surface area contributed by atoms with Gasteiger partial charge in [0.05, 0.1) is 0 Å². The molecule has 1 aromatic carbocycles. The molecule has 4 nitrogen and oxygen atoms in total. The minimum absolute atomic E-state index is 0.126. The predicted molar refractivity (Wildman–Crippen MR) is 69.5 cm³/mol. The zero-order chi connectivity index (χ0) is 13.3. The number of hydrogen-bond donors (Lipinski definition) is 2. The Morgan fingerprint density at radius 3 is 2.29 bits per heavy atom. The van der Waals surface area contributed by atoms with Crippen molar-refractivity contribution >= 4 is 27.1 Å². The van der Waals surface area contributed by atoms with E-state index in [9.17, 15) is 13.5 Å². The Hall–Kier alpha value is -0.780. The molecule has 0 saturated heterocycles. The molecule has 3 N–H and O–H groups in total. The van der Waals surface area contributed by atoms with Gasteiger partial charge in [-0.1, -0.05) is 30.7 Å². The molecule has 0 aliphatic heterocycles. The van der Waals surface area contributed by atoms with Crippen LogP contribution in [-0.2, 0) is 9.84 Å². The van der Waals surface area contributed by atoms with Crippen LogP contribution in [0.5, 0.6) is 0 Å². The van der Waals surface area contributed by atoms with E-state index in [1.807, 2.05) is 0 Å². The second kappa shape index (κ2) is 4.84. The molecule has 0 aliphatic carbocycles. The molecule has 0 heterocycles. The van der Waals surface area contributed by atoms with E-state index in [2.05, 4.69) is 0 Å². The molecule has 17 heavy (non-hydrogen) atoms. The molecule has 0 amide bonds. The third kappa shape index (κ3) is 2.73. The van der Waals surface area contributed by atoms with Crippen LogP contribution in [0.15, 0.2) is 24.3 Å². The fraction of sp³-hybridized carbons (Fsp3) is 0.455. The third-order valence-electron chi connectivity index (χ3n) is 2.73. The summed E-state index contributed by atoms with van der Waals surface area (Å²) in [6.45, 7) is 2.79. The summed E-state index contributed by atoms with van der Waals surface area (Å²) < 4.78 is 21.8. The first-order valence-electron chi connectivity index (χ1n) is 5.17. The first kappa shape index (κ1) is 14.3. The van der Waals surface area contributed by atoms with E-state index in [1.165, 1.54) is 13.8 Å². The summed E-state index contributed by atoms with van der Waals surface area (Å²) in [6, 6.07) is 6.30. The van der Waals surface area contributed by atoms with Crippen LogP contribution in [0, 0.1) is 0 Å². The van der Waals surface area contributed by atoms with Crippen molar-refractivity contribution in [2.75, 3.05) is 11.5 Å². The van der Waals surface area contributed by atoms with E-state index < -0.39 is 20.1 Å². The molecule has 1 rings (SSSR count). The number of anilines is 1. The van der Waals surface area contributed by atoms with Crippen LogP contribution < -0.4 is 5.73 Å². The van der Waals surface area contributed by atoms with E-state index in [-0.39, 0.29) is 5.75 Å². The lowest BCUT2D eigenvalue weighted by atomic mass is 10.1. The topological polar surface area (TPSA) is 80.4 Å². The molecule has 0 bridgehead atoms. The molecule has 96 valence electrons. The van der Waals surface area contributed by atoms with Crippen molar-refractivity contribution in [3.63, 3.8) is 0 Å². The summed E-state index contributed by atoms with van der Waals surface area (Å²) in [5, 5.41) is 10.1. The maximum Gasteiger partial charge on any atom is 0.172 e. The van der Waals surface area contributed by atoms with Crippen molar-refractivity contribution < 1.29 is 13.5 Å². The molecule has 1 aromatic rings. The zero-order valence-electron chi connectivity index (χ0n) is 9.72. The van der Waals surface area contributed by atoms with Crippen LogP contribution in [0.2, 0.25) is 0 Å². The van der Waals surface area contributed by atoms with Crippen molar-refractivity contribution in [3.05, 3.63) is 29.8 Å². The van der Waals surface area contributed by atoms with Crippen LogP contribution in [-0.4, -0.2) is 23.5 Å². The van der Waals surface area contributed by atoms with Crippen LogP contribution in [0.25, 0.3) is 0 Å². The van der Waals surface area contributed by atoms with Crippen LogP contribution in [0.3, 0.4) is 0 Å². The van der Waals surface area contributed by atoms with Crippen molar-refractivity contribution in [2.45, 2.75) is 24.2 Å². The lowest BCUT2D eigenvalue weighted by Gasteiger charge is -2.27. The molecule has 6 heteroatoms. The number of aliphatic hydroxyl groups excluding tert-OH is 1. The smallest absolute Gasteiger partial charge is 0.172 e. The normalized spacial score (nSPS) is 17.4. The average Bonchev–Trinajstić information content (AvgIpc) is 2.28. The van der Waals surface area contributed by atoms with Crippen LogP contribution >= 0.6 is 11.6 Å². The third-order valence-corrected chi connectivity index (χ3v) is 5.84. The highest BCUT2D eigenvalue weighted by molar-refractivity contribution is 7.94. The van der Waals surface area contributed by atoms with Crippen molar-refractivity contribution in [2.24, 2.45) is 0 Å². The maximum absolute atomic E-state index is 11.8. The molecule has 2 atom stereocenters. The number of nitrogens with two attached hydrogens (primary N) is 1. The number of halogens is 1. The summed E-state index contributed by atoms with van der Waals surface area (Å²) in [6.07, 6.45) is -1.30. The quantitative estimate of drug-likeness (QED) is 0.648. The second-order valence-electron chi connectivity index (χ2n) is 3.96. The summed E-state index contributed by atoms with van der Waals surface area (Å²) >= 11 is 5.98. The maximum atomic E-state index is 11.8. The standard InChI is InChI=1S/C11H16ClNO3S/c1-3-17(15,16)11(2,12)10(14)8-4-6-9(13)7-5-8/h4-7,10,14H,3,13H2,1-2H3/t10-,11+/m1/s1. The number of hydrogen-bond acceptors (Lipinski definition) is 4. The zero-order valence-corrected chi connectivity index (χ0v) is 11.3. The Balaban J connectivity index is 3.12. The molecular weight excluding hydrogens is 262 g/mol. The van der Waals surface area contributed by atoms with E-state index in [0.29, 0.717) is 11.3 Å². The fourth-order valence-corrected chi connectivity index (χ4v) is 2.92. The number of alkyl halides is 1. The first-order valence-corrected chi connectivity index (χ1v) is 7.20. The molecule has 0 saturated carbocycles. The molecule has 0 aromatic heterocycles. The SMILES string of the molecule is CCS(=O)(=O)[C@](C)(Cl)[C@H](O)c1ccc(N)cc1. The van der Waals surface area contributed by atoms with Crippen molar-refractivity contribution in [3.8, 4) is 0 Å². The van der Waals surface area contributed by atoms with Gasteiger partial charge in [0, 0.05) is 11.4 Å². The van der Waals surface area contributed by atoms with Crippen molar-refractivity contribution in [1.82, 2.24) is 0 Å². The minimum atomic E-state index is -3.57. The summed E-state index contributed by atoms with van der Waals surface area (Å²) in [7, 11) is -3.57. The van der Waals surface area contributed by atoms with E-state index >= 15 is 0 Å². The molecule has 0 radical (unpaired) electrons. The highest BCUT2D eigenvalue weighted by Gasteiger charge is 2.43. The predicted octanol–water partition coefficient (Wildman–Crippen LogP) is 1.69. The average molecular weight is 278 g/mol. The van der Waals surface area contributed by atoms with Gasteiger partial charge < -0.3 is 10.8 Å². The fourth-order valence-electron chi connectivity index (χ4n) is 1.43. The van der Waals surface area contributed by atoms with Gasteiger partial charge in [-0.15, -0.1) is 0 Å². The Morgan fingerprint density at radius 1 is 1.41 bits per heavy atom. The largest absolute Gasteiger partial charge is 0.399 e. The van der Waals surface area contributed by atoms with Crippen molar-refractivity contribution in [1.29, 1.82) is 0 Å². The van der Waals surface area contributed by atoms with Gasteiger partial charge >= 0.3 is 0 Å². The van der Waals surface area contributed by atoms with Gasteiger partial charge in [-0.3, -0.25) is 0 Å². The summed E-state index contributed by atoms with van der Waals surface area (Å²) in [5.41, 5.74) is 6.48. The van der Waals surface area contributed by atoms with E-state index in [0.717, 1.165) is 0 Å². The molecule has 0 unspecified atom stereocenters.